The first-order valence-electron chi connectivity index (χ1n) is 14.6. The van der Waals surface area contributed by atoms with E-state index in [2.05, 4.69) is 100 Å². The van der Waals surface area contributed by atoms with Crippen LogP contribution in [0.3, 0.4) is 0 Å². The highest BCUT2D eigenvalue weighted by atomic mass is 28.4. The maximum atomic E-state index is 13.8. The van der Waals surface area contributed by atoms with Crippen molar-refractivity contribution < 1.29 is 9.22 Å². The van der Waals surface area contributed by atoms with Crippen LogP contribution in [0.4, 0.5) is 0 Å². The van der Waals surface area contributed by atoms with E-state index in [9.17, 15) is 4.79 Å². The van der Waals surface area contributed by atoms with E-state index in [1.807, 2.05) is 37.0 Å². The summed E-state index contributed by atoms with van der Waals surface area (Å²) in [5.41, 5.74) is 3.02. The maximum absolute atomic E-state index is 13.8. The lowest BCUT2D eigenvalue weighted by Gasteiger charge is -2.48. The molecule has 3 rings (SSSR count). The maximum Gasteiger partial charge on any atom is 0.254 e. The molecule has 5 nitrogen and oxygen atoms in total. The van der Waals surface area contributed by atoms with Crippen molar-refractivity contribution in [2.24, 2.45) is 0 Å². The molecule has 1 fully saturated rings. The summed E-state index contributed by atoms with van der Waals surface area (Å²) in [6.07, 6.45) is 2.00. The molecule has 1 aliphatic heterocycles. The smallest absolute Gasteiger partial charge is 0.254 e. The molecule has 214 valence electrons. The highest BCUT2D eigenvalue weighted by molar-refractivity contribution is 6.74. The first kappa shape index (κ1) is 31.1. The molecule has 6 heteroatoms. The topological polar surface area (TPSA) is 36.0 Å². The predicted octanol–water partition coefficient (Wildman–Crippen LogP) is 7.22. The van der Waals surface area contributed by atoms with Gasteiger partial charge in [-0.15, -0.1) is 6.58 Å². The average Bonchev–Trinajstić information content (AvgIpc) is 2.87. The summed E-state index contributed by atoms with van der Waals surface area (Å²) in [6, 6.07) is 17.4. The Morgan fingerprint density at radius 3 is 2.36 bits per heavy atom. The van der Waals surface area contributed by atoms with Gasteiger partial charge in [-0.1, -0.05) is 57.2 Å². The number of rotatable bonds is 10. The fraction of sp³-hybridized carbons (Fsp3) is 0.545. The van der Waals surface area contributed by atoms with Crippen molar-refractivity contribution in [3.05, 3.63) is 77.9 Å². The molecular weight excluding hydrogens is 498 g/mol. The second-order valence-electron chi connectivity index (χ2n) is 12.5. The fourth-order valence-corrected chi connectivity index (χ4v) is 6.38. The van der Waals surface area contributed by atoms with Crippen LogP contribution in [0.1, 0.15) is 76.0 Å². The minimum absolute atomic E-state index is 0.0630. The molecule has 2 aromatic rings. The third kappa shape index (κ3) is 7.03. The van der Waals surface area contributed by atoms with Crippen LogP contribution < -0.4 is 4.43 Å². The Hall–Kier alpha value is -2.41. The number of piperazine rings is 1. The molecule has 0 aliphatic carbocycles. The van der Waals surface area contributed by atoms with Crippen LogP contribution in [-0.4, -0.2) is 73.7 Å². The minimum atomic E-state index is -2.01. The van der Waals surface area contributed by atoms with Crippen molar-refractivity contribution in [1.29, 1.82) is 0 Å². The number of hydrogen-bond donors (Lipinski definition) is 0. The Kier molecular flexibility index (Phi) is 10.2. The van der Waals surface area contributed by atoms with Crippen molar-refractivity contribution >= 4 is 14.2 Å². The highest BCUT2D eigenvalue weighted by Crippen LogP contribution is 2.40. The molecule has 0 bridgehead atoms. The average molecular weight is 550 g/mol. The van der Waals surface area contributed by atoms with Gasteiger partial charge in [0.1, 0.15) is 5.75 Å². The zero-order chi connectivity index (χ0) is 29.0. The third-order valence-corrected chi connectivity index (χ3v) is 13.1. The minimum Gasteiger partial charge on any atom is -0.543 e. The highest BCUT2D eigenvalue weighted by Gasteiger charge is 2.40. The predicted molar refractivity (Wildman–Crippen MR) is 167 cm³/mol. The van der Waals surface area contributed by atoms with E-state index in [4.69, 9.17) is 4.43 Å². The molecule has 0 N–H and O–H groups in total. The van der Waals surface area contributed by atoms with Gasteiger partial charge in [-0.2, -0.15) is 0 Å². The number of nitrogens with zero attached hydrogens (tertiary/aromatic N) is 3. The van der Waals surface area contributed by atoms with Gasteiger partial charge in [0.2, 0.25) is 8.32 Å². The molecule has 1 amide bonds. The van der Waals surface area contributed by atoms with Gasteiger partial charge >= 0.3 is 0 Å². The SMILES string of the molecule is C=CCN1C[C@H](C)N([C@@H](c2cccc(O[Si](C)(C)C(C)(C)C)c2)c2ccccc2C(=O)N(CC)CC)C[C@@H]1C. The van der Waals surface area contributed by atoms with E-state index in [-0.39, 0.29) is 17.0 Å². The molecule has 1 heterocycles. The standard InChI is InChI=1S/C33H51N3O2Si/c1-11-21-35-23-26(5)36(24-25(35)4)31(29-19-14-15-20-30(29)32(37)34(12-2)13-3)27-17-16-18-28(22-27)38-39(9,10)33(6,7)8/h11,14-20,22,25-26,31H,1,12-13,21,23-24H2,2-10H3/t25-,26-,31-/m0/s1. The van der Waals surface area contributed by atoms with E-state index in [1.54, 1.807) is 0 Å². The quantitative estimate of drug-likeness (QED) is 0.231. The summed E-state index contributed by atoms with van der Waals surface area (Å²) >= 11 is 0. The van der Waals surface area contributed by atoms with Crippen LogP contribution in [-0.2, 0) is 0 Å². The van der Waals surface area contributed by atoms with Gasteiger partial charge in [-0.05, 0) is 75.2 Å². The summed E-state index contributed by atoms with van der Waals surface area (Å²) in [7, 11) is -2.01. The second kappa shape index (κ2) is 12.8. The molecule has 0 aromatic heterocycles. The Morgan fingerprint density at radius 2 is 1.74 bits per heavy atom. The molecule has 1 aliphatic rings. The van der Waals surface area contributed by atoms with Crippen molar-refractivity contribution in [3.63, 3.8) is 0 Å². The van der Waals surface area contributed by atoms with Crippen LogP contribution in [0.15, 0.2) is 61.2 Å². The summed E-state index contributed by atoms with van der Waals surface area (Å²) in [6.45, 7) is 28.2. The van der Waals surface area contributed by atoms with Crippen LogP contribution in [0.5, 0.6) is 5.75 Å². The number of benzene rings is 2. The van der Waals surface area contributed by atoms with Gasteiger partial charge in [0.15, 0.2) is 0 Å². The molecule has 2 aromatic carbocycles. The third-order valence-electron chi connectivity index (χ3n) is 8.75. The van der Waals surface area contributed by atoms with Crippen molar-refractivity contribution in [1.82, 2.24) is 14.7 Å². The molecule has 1 saturated heterocycles. The number of carbonyl (C=O) groups is 1. The van der Waals surface area contributed by atoms with Gasteiger partial charge < -0.3 is 9.33 Å². The number of hydrogen-bond acceptors (Lipinski definition) is 4. The van der Waals surface area contributed by atoms with Crippen LogP contribution in [0.25, 0.3) is 0 Å². The van der Waals surface area contributed by atoms with Crippen LogP contribution in [0, 0.1) is 0 Å². The normalized spacial score (nSPS) is 19.9. The fourth-order valence-electron chi connectivity index (χ4n) is 5.36. The van der Waals surface area contributed by atoms with E-state index in [0.717, 1.165) is 36.5 Å². The van der Waals surface area contributed by atoms with Gasteiger partial charge in [0, 0.05) is 50.4 Å². The summed E-state index contributed by atoms with van der Waals surface area (Å²) in [5, 5.41) is 0.108. The first-order chi connectivity index (χ1) is 18.3. The Bertz CT molecular complexity index is 1120. The zero-order valence-corrected chi connectivity index (χ0v) is 26.8. The van der Waals surface area contributed by atoms with Crippen LogP contribution >= 0.6 is 0 Å². The lowest BCUT2D eigenvalue weighted by Crippen LogP contribution is -2.57. The van der Waals surface area contributed by atoms with Crippen LogP contribution in [0.2, 0.25) is 18.1 Å². The van der Waals surface area contributed by atoms with Crippen molar-refractivity contribution in [2.75, 3.05) is 32.7 Å². The largest absolute Gasteiger partial charge is 0.543 e. The van der Waals surface area contributed by atoms with Gasteiger partial charge in [-0.3, -0.25) is 14.6 Å². The zero-order valence-electron chi connectivity index (χ0n) is 25.8. The molecule has 39 heavy (non-hydrogen) atoms. The molecule has 0 radical (unpaired) electrons. The van der Waals surface area contributed by atoms with E-state index in [0.29, 0.717) is 25.2 Å². The molecule has 3 atom stereocenters. The Morgan fingerprint density at radius 1 is 1.08 bits per heavy atom. The summed E-state index contributed by atoms with van der Waals surface area (Å²) < 4.78 is 6.75. The Balaban J connectivity index is 2.15. The van der Waals surface area contributed by atoms with Crippen molar-refractivity contribution in [2.45, 2.75) is 84.7 Å². The molecule has 0 spiro atoms. The lowest BCUT2D eigenvalue weighted by molar-refractivity contribution is 0.0302. The second-order valence-corrected chi connectivity index (χ2v) is 17.3. The summed E-state index contributed by atoms with van der Waals surface area (Å²) in [4.78, 5) is 20.8. The first-order valence-corrected chi connectivity index (χ1v) is 17.5. The van der Waals surface area contributed by atoms with Gasteiger partial charge in [0.05, 0.1) is 6.04 Å². The van der Waals surface area contributed by atoms with E-state index < -0.39 is 8.32 Å². The van der Waals surface area contributed by atoms with Gasteiger partial charge in [-0.25, -0.2) is 0 Å². The number of amides is 1. The van der Waals surface area contributed by atoms with Gasteiger partial charge in [0.25, 0.3) is 5.91 Å². The summed E-state index contributed by atoms with van der Waals surface area (Å²) in [5.74, 6) is 1.02. The molecular formula is C33H51N3O2Si. The van der Waals surface area contributed by atoms with E-state index >= 15 is 0 Å². The number of carbonyl (C=O) groups excluding carboxylic acids is 1. The lowest BCUT2D eigenvalue weighted by atomic mass is 9.90. The monoisotopic (exact) mass is 549 g/mol. The van der Waals surface area contributed by atoms with E-state index in [1.165, 1.54) is 5.56 Å². The molecule has 0 unspecified atom stereocenters. The molecule has 0 saturated carbocycles. The van der Waals surface area contributed by atoms with Crippen molar-refractivity contribution in [3.8, 4) is 5.75 Å². The Labute approximate surface area is 239 Å².